The third-order valence-corrected chi connectivity index (χ3v) is 6.91. The minimum atomic E-state index is -0.365. The van der Waals surface area contributed by atoms with Gasteiger partial charge in [-0.15, -0.1) is 0 Å². The Morgan fingerprint density at radius 2 is 1.90 bits per heavy atom. The molecule has 7 nitrogen and oxygen atoms in total. The number of hydrogen-bond donors (Lipinski definition) is 1. The van der Waals surface area contributed by atoms with Crippen molar-refractivity contribution in [3.63, 3.8) is 0 Å². The van der Waals surface area contributed by atoms with Crippen molar-refractivity contribution in [1.29, 1.82) is 0 Å². The van der Waals surface area contributed by atoms with Gasteiger partial charge in [0.25, 0.3) is 0 Å². The number of benzene rings is 2. The van der Waals surface area contributed by atoms with E-state index >= 15 is 0 Å². The van der Waals surface area contributed by atoms with Crippen molar-refractivity contribution in [2.45, 2.75) is 13.3 Å². The first-order chi connectivity index (χ1) is 19.1. The van der Waals surface area contributed by atoms with Gasteiger partial charge in [-0.2, -0.15) is 0 Å². The monoisotopic (exact) mass is 523 g/mol. The molecule has 1 aliphatic rings. The molecule has 8 heteroatoms. The van der Waals surface area contributed by atoms with Crippen molar-refractivity contribution in [3.05, 3.63) is 95.8 Å². The average molecular weight is 524 g/mol. The van der Waals surface area contributed by atoms with Crippen LogP contribution in [0.3, 0.4) is 0 Å². The summed E-state index contributed by atoms with van der Waals surface area (Å²) in [5.74, 6) is 0.658. The number of aryl methyl sites for hydroxylation is 1. The van der Waals surface area contributed by atoms with Crippen LogP contribution in [0.5, 0.6) is 5.75 Å². The normalized spacial score (nSPS) is 14.1. The smallest absolute Gasteiger partial charge is 0.165 e. The van der Waals surface area contributed by atoms with E-state index in [1.165, 1.54) is 6.07 Å². The number of aromatic nitrogens is 4. The van der Waals surface area contributed by atoms with E-state index in [-0.39, 0.29) is 11.6 Å². The van der Waals surface area contributed by atoms with Crippen molar-refractivity contribution < 1.29 is 13.9 Å². The largest absolute Gasteiger partial charge is 0.489 e. The number of nitrogens with one attached hydrogen (secondary N) is 1. The SMILES string of the molecule is Cc1cccc(-c2[nH]c(Cc3ccc(F)c(OCCN4CCOCC4)c3)nc2-c2ccc3ncccc3c2)n1. The van der Waals surface area contributed by atoms with Crippen molar-refractivity contribution >= 4 is 10.9 Å². The summed E-state index contributed by atoms with van der Waals surface area (Å²) in [5, 5.41) is 1.04. The lowest BCUT2D eigenvalue weighted by atomic mass is 10.1. The van der Waals surface area contributed by atoms with Crippen molar-refractivity contribution in [1.82, 2.24) is 24.8 Å². The highest BCUT2D eigenvalue weighted by molar-refractivity contribution is 5.86. The molecule has 0 spiro atoms. The molecule has 39 heavy (non-hydrogen) atoms. The third-order valence-electron chi connectivity index (χ3n) is 6.91. The van der Waals surface area contributed by atoms with E-state index in [1.54, 1.807) is 18.3 Å². The first-order valence-electron chi connectivity index (χ1n) is 13.2. The van der Waals surface area contributed by atoms with Crippen LogP contribution in [0.4, 0.5) is 4.39 Å². The molecule has 0 saturated carbocycles. The van der Waals surface area contributed by atoms with Crippen LogP contribution in [0.2, 0.25) is 0 Å². The maximum absolute atomic E-state index is 14.6. The Bertz CT molecular complexity index is 1600. The molecular weight excluding hydrogens is 493 g/mol. The fourth-order valence-corrected chi connectivity index (χ4v) is 4.88. The number of pyridine rings is 2. The zero-order valence-corrected chi connectivity index (χ0v) is 21.9. The molecule has 0 unspecified atom stereocenters. The van der Waals surface area contributed by atoms with Gasteiger partial charge in [-0.3, -0.25) is 14.9 Å². The summed E-state index contributed by atoms with van der Waals surface area (Å²) in [4.78, 5) is 19.9. The van der Waals surface area contributed by atoms with Gasteiger partial charge in [0.2, 0.25) is 0 Å². The summed E-state index contributed by atoms with van der Waals surface area (Å²) in [5.41, 5.74) is 6.22. The highest BCUT2D eigenvalue weighted by Gasteiger charge is 2.17. The number of rotatable bonds is 8. The van der Waals surface area contributed by atoms with E-state index < -0.39 is 0 Å². The van der Waals surface area contributed by atoms with E-state index in [9.17, 15) is 4.39 Å². The van der Waals surface area contributed by atoms with E-state index in [0.717, 1.165) is 83.5 Å². The quantitative estimate of drug-likeness (QED) is 0.292. The number of ether oxygens (including phenoxy) is 2. The fraction of sp³-hybridized carbons (Fsp3) is 0.258. The van der Waals surface area contributed by atoms with Crippen molar-refractivity contribution in [2.75, 3.05) is 39.5 Å². The number of nitrogens with zero attached hydrogens (tertiary/aromatic N) is 4. The first kappa shape index (κ1) is 25.2. The molecule has 0 amide bonds. The van der Waals surface area contributed by atoms with Crippen LogP contribution in [0, 0.1) is 12.7 Å². The summed E-state index contributed by atoms with van der Waals surface area (Å²) in [7, 11) is 0. The molecule has 2 aromatic carbocycles. The summed E-state index contributed by atoms with van der Waals surface area (Å²) >= 11 is 0. The molecule has 198 valence electrons. The molecule has 1 aliphatic heterocycles. The summed E-state index contributed by atoms with van der Waals surface area (Å²) in [6, 6.07) is 21.1. The van der Waals surface area contributed by atoms with E-state index in [2.05, 4.69) is 20.9 Å². The lowest BCUT2D eigenvalue weighted by Gasteiger charge is -2.26. The topological polar surface area (TPSA) is 76.2 Å². The second-order valence-electron chi connectivity index (χ2n) is 9.73. The third kappa shape index (κ3) is 5.82. The van der Waals surface area contributed by atoms with Crippen LogP contribution in [0.25, 0.3) is 33.5 Å². The predicted molar refractivity (Wildman–Crippen MR) is 149 cm³/mol. The van der Waals surface area contributed by atoms with Gasteiger partial charge in [-0.1, -0.05) is 24.3 Å². The molecule has 5 aromatic rings. The number of morpholine rings is 1. The number of H-pyrrole nitrogens is 1. The summed E-state index contributed by atoms with van der Waals surface area (Å²) in [6.07, 6.45) is 2.29. The number of halogens is 1. The van der Waals surface area contributed by atoms with Gasteiger partial charge in [0.15, 0.2) is 11.6 Å². The Labute approximate surface area is 226 Å². The average Bonchev–Trinajstić information content (AvgIpc) is 3.39. The summed E-state index contributed by atoms with van der Waals surface area (Å²) in [6.45, 7) is 6.34. The van der Waals surface area contributed by atoms with E-state index in [0.29, 0.717) is 13.0 Å². The zero-order valence-electron chi connectivity index (χ0n) is 21.9. The lowest BCUT2D eigenvalue weighted by Crippen LogP contribution is -2.38. The van der Waals surface area contributed by atoms with Gasteiger partial charge in [0.05, 0.1) is 35.8 Å². The standard InChI is InChI=1S/C31H30FN5O2/c1-21-4-2-6-27(34-21)31-30(24-8-10-26-23(20-24)5-3-11-33-26)35-29(36-31)19-22-7-9-25(32)28(18-22)39-17-14-37-12-15-38-16-13-37/h2-11,18,20H,12-17,19H2,1H3,(H,35,36). The predicted octanol–water partition coefficient (Wildman–Crippen LogP) is 5.44. The van der Waals surface area contributed by atoms with Crippen LogP contribution < -0.4 is 4.74 Å². The van der Waals surface area contributed by atoms with Gasteiger partial charge >= 0.3 is 0 Å². The van der Waals surface area contributed by atoms with Crippen LogP contribution >= 0.6 is 0 Å². The van der Waals surface area contributed by atoms with Crippen molar-refractivity contribution in [3.8, 4) is 28.4 Å². The molecule has 1 fully saturated rings. The van der Waals surface area contributed by atoms with Gasteiger partial charge in [0.1, 0.15) is 12.4 Å². The van der Waals surface area contributed by atoms with Gasteiger partial charge in [-0.25, -0.2) is 9.37 Å². The second-order valence-corrected chi connectivity index (χ2v) is 9.73. The first-order valence-corrected chi connectivity index (χ1v) is 13.2. The Kier molecular flexibility index (Phi) is 7.29. The van der Waals surface area contributed by atoms with Crippen LogP contribution in [-0.4, -0.2) is 64.3 Å². The second kappa shape index (κ2) is 11.3. The molecule has 1 N–H and O–H groups in total. The molecule has 3 aromatic heterocycles. The molecule has 0 bridgehead atoms. The molecular formula is C31H30FN5O2. The Morgan fingerprint density at radius 3 is 2.77 bits per heavy atom. The Morgan fingerprint density at radius 1 is 1.00 bits per heavy atom. The van der Waals surface area contributed by atoms with E-state index in [4.69, 9.17) is 19.4 Å². The highest BCUT2D eigenvalue weighted by atomic mass is 19.1. The molecule has 1 saturated heterocycles. The molecule has 0 aliphatic carbocycles. The zero-order chi connectivity index (χ0) is 26.6. The number of hydrogen-bond acceptors (Lipinski definition) is 6. The molecule has 4 heterocycles. The minimum Gasteiger partial charge on any atom is -0.489 e. The Hall–Kier alpha value is -4.14. The molecule has 0 atom stereocenters. The maximum atomic E-state index is 14.6. The highest BCUT2D eigenvalue weighted by Crippen LogP contribution is 2.32. The summed E-state index contributed by atoms with van der Waals surface area (Å²) < 4.78 is 25.8. The maximum Gasteiger partial charge on any atom is 0.165 e. The fourth-order valence-electron chi connectivity index (χ4n) is 4.88. The van der Waals surface area contributed by atoms with Crippen LogP contribution in [-0.2, 0) is 11.2 Å². The number of fused-ring (bicyclic) bond motifs is 1. The molecule has 0 radical (unpaired) electrons. The lowest BCUT2D eigenvalue weighted by molar-refractivity contribution is 0.0320. The molecule has 6 rings (SSSR count). The van der Waals surface area contributed by atoms with Gasteiger partial charge in [-0.05, 0) is 55.0 Å². The minimum absolute atomic E-state index is 0.259. The van der Waals surface area contributed by atoms with Gasteiger partial charge in [0, 0.05) is 48.9 Å². The van der Waals surface area contributed by atoms with Crippen molar-refractivity contribution in [2.24, 2.45) is 0 Å². The number of imidazole rings is 1. The van der Waals surface area contributed by atoms with Crippen LogP contribution in [0.1, 0.15) is 17.1 Å². The van der Waals surface area contributed by atoms with Gasteiger partial charge < -0.3 is 14.5 Å². The number of aromatic amines is 1. The van der Waals surface area contributed by atoms with E-state index in [1.807, 2.05) is 49.4 Å². The Balaban J connectivity index is 1.28. The van der Waals surface area contributed by atoms with Crippen LogP contribution in [0.15, 0.2) is 72.9 Å².